The Labute approximate surface area is 81.5 Å². The monoisotopic (exact) mass is 180 g/mol. The van der Waals surface area contributed by atoms with Crippen LogP contribution in [0.25, 0.3) is 0 Å². The molecule has 0 atom stereocenters. The second-order valence-corrected chi connectivity index (χ2v) is 3.77. The first-order valence-electron chi connectivity index (χ1n) is 4.81. The smallest absolute Gasteiger partial charge is 0.130 e. The average molecular weight is 180 g/mol. The zero-order valence-electron chi connectivity index (χ0n) is 9.18. The van der Waals surface area contributed by atoms with Gasteiger partial charge in [0.15, 0.2) is 0 Å². The highest BCUT2D eigenvalue weighted by molar-refractivity contribution is 5.75. The van der Waals surface area contributed by atoms with Gasteiger partial charge in [-0.1, -0.05) is 23.3 Å². The van der Waals surface area contributed by atoms with Gasteiger partial charge in [-0.05, 0) is 40.5 Å². The fourth-order valence-corrected chi connectivity index (χ4v) is 0.971. The standard InChI is InChI=1S/C12H20O/c1-10(2)6-5-7-11(3)8-9-12(4)13/h6-7H,5,8-9H2,1-4H3/b11-7+. The van der Waals surface area contributed by atoms with Gasteiger partial charge in [0.1, 0.15) is 5.78 Å². The lowest BCUT2D eigenvalue weighted by Crippen LogP contribution is -1.89. The Morgan fingerprint density at radius 2 is 1.62 bits per heavy atom. The van der Waals surface area contributed by atoms with E-state index in [1.165, 1.54) is 11.1 Å². The van der Waals surface area contributed by atoms with Crippen LogP contribution in [-0.4, -0.2) is 5.78 Å². The number of carbonyl (C=O) groups excluding carboxylic acids is 1. The van der Waals surface area contributed by atoms with Crippen LogP contribution in [0.3, 0.4) is 0 Å². The van der Waals surface area contributed by atoms with Gasteiger partial charge in [0.05, 0.1) is 0 Å². The fraction of sp³-hybridized carbons (Fsp3) is 0.583. The van der Waals surface area contributed by atoms with Crippen molar-refractivity contribution in [1.82, 2.24) is 0 Å². The molecule has 1 nitrogen and oxygen atoms in total. The van der Waals surface area contributed by atoms with Gasteiger partial charge in [0, 0.05) is 6.42 Å². The second-order valence-electron chi connectivity index (χ2n) is 3.77. The molecule has 0 spiro atoms. The van der Waals surface area contributed by atoms with Crippen molar-refractivity contribution in [3.05, 3.63) is 23.3 Å². The molecule has 0 aromatic heterocycles. The van der Waals surface area contributed by atoms with Crippen molar-refractivity contribution in [3.63, 3.8) is 0 Å². The summed E-state index contributed by atoms with van der Waals surface area (Å²) in [7, 11) is 0. The lowest BCUT2D eigenvalue weighted by molar-refractivity contribution is -0.116. The summed E-state index contributed by atoms with van der Waals surface area (Å²) in [4.78, 5) is 10.7. The molecule has 0 heterocycles. The first-order valence-corrected chi connectivity index (χ1v) is 4.81. The minimum Gasteiger partial charge on any atom is -0.300 e. The molecule has 0 bridgehead atoms. The number of allylic oxidation sites excluding steroid dienone is 4. The zero-order chi connectivity index (χ0) is 10.3. The number of rotatable bonds is 5. The van der Waals surface area contributed by atoms with Crippen molar-refractivity contribution < 1.29 is 4.79 Å². The molecule has 0 saturated carbocycles. The van der Waals surface area contributed by atoms with Gasteiger partial charge in [-0.15, -0.1) is 0 Å². The third-order valence-corrected chi connectivity index (χ3v) is 1.86. The van der Waals surface area contributed by atoms with E-state index in [2.05, 4.69) is 32.9 Å². The average Bonchev–Trinajstić information content (AvgIpc) is 2.00. The Bertz CT molecular complexity index is 217. The Morgan fingerprint density at radius 1 is 1.00 bits per heavy atom. The summed E-state index contributed by atoms with van der Waals surface area (Å²) in [5, 5.41) is 0. The highest BCUT2D eigenvalue weighted by Gasteiger charge is 1.93. The van der Waals surface area contributed by atoms with E-state index in [1.54, 1.807) is 6.92 Å². The summed E-state index contributed by atoms with van der Waals surface area (Å²) in [6.07, 6.45) is 6.96. The maximum absolute atomic E-state index is 10.7. The summed E-state index contributed by atoms with van der Waals surface area (Å²) in [6, 6.07) is 0. The van der Waals surface area contributed by atoms with Gasteiger partial charge in [0.2, 0.25) is 0 Å². The van der Waals surface area contributed by atoms with E-state index in [0.29, 0.717) is 6.42 Å². The van der Waals surface area contributed by atoms with E-state index in [-0.39, 0.29) is 5.78 Å². The van der Waals surface area contributed by atoms with Gasteiger partial charge in [-0.2, -0.15) is 0 Å². The van der Waals surface area contributed by atoms with Gasteiger partial charge in [-0.3, -0.25) is 0 Å². The van der Waals surface area contributed by atoms with Crippen LogP contribution >= 0.6 is 0 Å². The predicted molar refractivity (Wildman–Crippen MR) is 57.7 cm³/mol. The SMILES string of the molecule is CC(=O)CC/C(C)=C/CC=C(C)C. The number of hydrogen-bond acceptors (Lipinski definition) is 1. The van der Waals surface area contributed by atoms with E-state index in [1.807, 2.05) is 0 Å². The molecule has 0 aromatic rings. The molecule has 0 unspecified atom stereocenters. The molecule has 0 rings (SSSR count). The zero-order valence-corrected chi connectivity index (χ0v) is 9.18. The molecule has 0 amide bonds. The first-order chi connectivity index (χ1) is 6.02. The summed E-state index contributed by atoms with van der Waals surface area (Å²) in [5.41, 5.74) is 2.66. The molecule has 0 N–H and O–H groups in total. The molecule has 0 aliphatic rings. The molecule has 0 radical (unpaired) electrons. The summed E-state index contributed by atoms with van der Waals surface area (Å²) in [5.74, 6) is 0.273. The van der Waals surface area contributed by atoms with Crippen LogP contribution in [0.2, 0.25) is 0 Å². The van der Waals surface area contributed by atoms with E-state index >= 15 is 0 Å². The highest BCUT2D eigenvalue weighted by atomic mass is 16.1. The fourth-order valence-electron chi connectivity index (χ4n) is 0.971. The topological polar surface area (TPSA) is 17.1 Å². The Morgan fingerprint density at radius 3 is 2.08 bits per heavy atom. The summed E-state index contributed by atoms with van der Waals surface area (Å²) in [6.45, 7) is 7.92. The number of Topliss-reactive ketones (excluding diaryl/α,β-unsaturated/α-hetero) is 1. The molecule has 0 fully saturated rings. The van der Waals surface area contributed by atoms with E-state index < -0.39 is 0 Å². The molecule has 0 aliphatic carbocycles. The van der Waals surface area contributed by atoms with E-state index in [4.69, 9.17) is 0 Å². The summed E-state index contributed by atoms with van der Waals surface area (Å²) >= 11 is 0. The van der Waals surface area contributed by atoms with E-state index in [0.717, 1.165) is 12.8 Å². The molecule has 0 aliphatic heterocycles. The van der Waals surface area contributed by atoms with Crippen molar-refractivity contribution >= 4 is 5.78 Å². The van der Waals surface area contributed by atoms with Crippen molar-refractivity contribution in [3.8, 4) is 0 Å². The van der Waals surface area contributed by atoms with Gasteiger partial charge in [0.25, 0.3) is 0 Å². The Balaban J connectivity index is 3.76. The largest absolute Gasteiger partial charge is 0.300 e. The van der Waals surface area contributed by atoms with Crippen LogP contribution in [0.1, 0.15) is 47.0 Å². The quantitative estimate of drug-likeness (QED) is 0.590. The molecule has 1 heteroatoms. The van der Waals surface area contributed by atoms with Crippen molar-refractivity contribution in [2.75, 3.05) is 0 Å². The third kappa shape index (κ3) is 9.06. The normalized spacial score (nSPS) is 11.2. The van der Waals surface area contributed by atoms with Crippen LogP contribution in [0, 0.1) is 0 Å². The van der Waals surface area contributed by atoms with Crippen molar-refractivity contribution in [2.24, 2.45) is 0 Å². The molecule has 74 valence electrons. The summed E-state index contributed by atoms with van der Waals surface area (Å²) < 4.78 is 0. The second kappa shape index (κ2) is 6.64. The number of carbonyl (C=O) groups is 1. The van der Waals surface area contributed by atoms with Crippen LogP contribution in [-0.2, 0) is 4.79 Å². The van der Waals surface area contributed by atoms with Crippen molar-refractivity contribution in [1.29, 1.82) is 0 Å². The van der Waals surface area contributed by atoms with Gasteiger partial charge in [-0.25, -0.2) is 0 Å². The highest BCUT2D eigenvalue weighted by Crippen LogP contribution is 2.06. The molecular weight excluding hydrogens is 160 g/mol. The van der Waals surface area contributed by atoms with Crippen LogP contribution in [0.4, 0.5) is 0 Å². The van der Waals surface area contributed by atoms with Crippen LogP contribution in [0.15, 0.2) is 23.3 Å². The minimum atomic E-state index is 0.273. The molecule has 13 heavy (non-hydrogen) atoms. The lowest BCUT2D eigenvalue weighted by Gasteiger charge is -1.97. The van der Waals surface area contributed by atoms with Crippen LogP contribution < -0.4 is 0 Å². The Hall–Kier alpha value is -0.850. The molecule has 0 aromatic carbocycles. The van der Waals surface area contributed by atoms with E-state index in [9.17, 15) is 4.79 Å². The minimum absolute atomic E-state index is 0.273. The number of ketones is 1. The molecular formula is C12H20O. The van der Waals surface area contributed by atoms with Gasteiger partial charge >= 0.3 is 0 Å². The first kappa shape index (κ1) is 12.2. The van der Waals surface area contributed by atoms with Crippen molar-refractivity contribution in [2.45, 2.75) is 47.0 Å². The lowest BCUT2D eigenvalue weighted by atomic mass is 10.1. The van der Waals surface area contributed by atoms with Gasteiger partial charge < -0.3 is 4.79 Å². The maximum Gasteiger partial charge on any atom is 0.130 e. The predicted octanol–water partition coefficient (Wildman–Crippen LogP) is 3.66. The van der Waals surface area contributed by atoms with Crippen LogP contribution in [0.5, 0.6) is 0 Å². The molecule has 0 saturated heterocycles. The maximum atomic E-state index is 10.7. The third-order valence-electron chi connectivity index (χ3n) is 1.86. The Kier molecular flexibility index (Phi) is 6.21. The number of hydrogen-bond donors (Lipinski definition) is 0.